The second-order valence-electron chi connectivity index (χ2n) is 9.22. The number of aromatic nitrogens is 3. The van der Waals surface area contributed by atoms with Crippen LogP contribution in [0.15, 0.2) is 60.8 Å². The summed E-state index contributed by atoms with van der Waals surface area (Å²) in [6.07, 6.45) is 3.96. The lowest BCUT2D eigenvalue weighted by atomic mass is 10.0. The van der Waals surface area contributed by atoms with Crippen LogP contribution < -0.4 is 5.32 Å². The number of benzene rings is 2. The number of fused-ring (bicyclic) bond motifs is 1. The number of nitrogens with zero attached hydrogens (tertiary/aromatic N) is 3. The Kier molecular flexibility index (Phi) is 6.16. The van der Waals surface area contributed by atoms with Gasteiger partial charge in [0, 0.05) is 24.1 Å². The van der Waals surface area contributed by atoms with Gasteiger partial charge in [-0.15, -0.1) is 0 Å². The second kappa shape index (κ2) is 9.39. The third-order valence-corrected chi connectivity index (χ3v) is 6.57. The SMILES string of the molecule is Cc1c(-c2cc(C(=O)NC[C@H]3CCCO3)c3ccccc3n2)cnn1-c1ccc(C(C)C)cc1. The van der Waals surface area contributed by atoms with E-state index in [0.717, 1.165) is 53.0 Å². The molecule has 0 unspecified atom stereocenters. The number of hydrogen-bond donors (Lipinski definition) is 1. The van der Waals surface area contributed by atoms with Gasteiger partial charge in [0.15, 0.2) is 0 Å². The van der Waals surface area contributed by atoms with Gasteiger partial charge in [0.25, 0.3) is 5.91 Å². The van der Waals surface area contributed by atoms with Crippen LogP contribution in [-0.4, -0.2) is 39.9 Å². The Morgan fingerprint density at radius 2 is 1.97 bits per heavy atom. The van der Waals surface area contributed by atoms with Crippen LogP contribution in [0.3, 0.4) is 0 Å². The van der Waals surface area contributed by atoms with Crippen molar-refractivity contribution >= 4 is 16.8 Å². The molecule has 174 valence electrons. The topological polar surface area (TPSA) is 69.0 Å². The summed E-state index contributed by atoms with van der Waals surface area (Å²) in [5.41, 5.74) is 6.33. The minimum atomic E-state index is -0.107. The van der Waals surface area contributed by atoms with E-state index in [2.05, 4.69) is 48.5 Å². The van der Waals surface area contributed by atoms with Crippen molar-refractivity contribution in [3.8, 4) is 16.9 Å². The Morgan fingerprint density at radius 3 is 2.71 bits per heavy atom. The molecule has 1 fully saturated rings. The standard InChI is InChI=1S/C28H30N4O2/c1-18(2)20-10-12-21(13-11-20)32-19(3)25(17-30-32)27-15-24(23-8-4-5-9-26(23)31-27)28(33)29-16-22-7-6-14-34-22/h4-5,8-13,15,17-18,22H,6-7,14,16H2,1-3H3,(H,29,33)/t22-/m1/s1. The fourth-order valence-corrected chi connectivity index (χ4v) is 4.53. The zero-order chi connectivity index (χ0) is 23.7. The molecule has 2 aromatic carbocycles. The molecule has 1 saturated heterocycles. The molecule has 0 spiro atoms. The van der Waals surface area contributed by atoms with Gasteiger partial charge in [0.1, 0.15) is 0 Å². The van der Waals surface area contributed by atoms with E-state index >= 15 is 0 Å². The number of rotatable bonds is 6. The van der Waals surface area contributed by atoms with Gasteiger partial charge in [-0.2, -0.15) is 5.10 Å². The number of carbonyl (C=O) groups excluding carboxylic acids is 1. The Morgan fingerprint density at radius 1 is 1.18 bits per heavy atom. The maximum Gasteiger partial charge on any atom is 0.252 e. The zero-order valence-corrected chi connectivity index (χ0v) is 19.9. The number of nitrogens with one attached hydrogen (secondary N) is 1. The third kappa shape index (κ3) is 4.33. The van der Waals surface area contributed by atoms with Crippen molar-refractivity contribution in [1.82, 2.24) is 20.1 Å². The van der Waals surface area contributed by atoms with E-state index in [0.29, 0.717) is 18.0 Å². The molecule has 4 aromatic rings. The first-order valence-electron chi connectivity index (χ1n) is 12.0. The molecule has 1 aliphatic rings. The summed E-state index contributed by atoms with van der Waals surface area (Å²) >= 11 is 0. The molecule has 5 rings (SSSR count). The van der Waals surface area contributed by atoms with Crippen LogP contribution in [0.4, 0.5) is 0 Å². The maximum absolute atomic E-state index is 13.2. The first-order chi connectivity index (χ1) is 16.5. The predicted octanol–water partition coefficient (Wildman–Crippen LogP) is 5.43. The normalized spacial score (nSPS) is 15.8. The fourth-order valence-electron chi connectivity index (χ4n) is 4.53. The van der Waals surface area contributed by atoms with Crippen LogP contribution in [0.5, 0.6) is 0 Å². The number of para-hydroxylation sites is 1. The van der Waals surface area contributed by atoms with Crippen molar-refractivity contribution in [2.24, 2.45) is 0 Å². The summed E-state index contributed by atoms with van der Waals surface area (Å²) in [6.45, 7) is 7.70. The van der Waals surface area contributed by atoms with Crippen LogP contribution in [0.25, 0.3) is 27.8 Å². The van der Waals surface area contributed by atoms with Gasteiger partial charge in [-0.05, 0) is 55.5 Å². The maximum atomic E-state index is 13.2. The largest absolute Gasteiger partial charge is 0.376 e. The lowest BCUT2D eigenvalue weighted by molar-refractivity contribution is 0.0859. The molecule has 1 N–H and O–H groups in total. The van der Waals surface area contributed by atoms with E-state index < -0.39 is 0 Å². The van der Waals surface area contributed by atoms with E-state index in [1.807, 2.05) is 48.1 Å². The fraction of sp³-hybridized carbons (Fsp3) is 0.321. The average Bonchev–Trinajstić information content (AvgIpc) is 3.51. The van der Waals surface area contributed by atoms with Crippen molar-refractivity contribution in [3.05, 3.63) is 77.6 Å². The average molecular weight is 455 g/mol. The quantitative estimate of drug-likeness (QED) is 0.422. The van der Waals surface area contributed by atoms with Gasteiger partial charge in [-0.25, -0.2) is 9.67 Å². The van der Waals surface area contributed by atoms with Crippen molar-refractivity contribution in [2.75, 3.05) is 13.2 Å². The molecule has 1 atom stereocenters. The highest BCUT2D eigenvalue weighted by molar-refractivity contribution is 6.07. The van der Waals surface area contributed by atoms with Crippen LogP contribution >= 0.6 is 0 Å². The molecule has 2 aromatic heterocycles. The van der Waals surface area contributed by atoms with E-state index in [-0.39, 0.29) is 12.0 Å². The van der Waals surface area contributed by atoms with Crippen LogP contribution in [0.2, 0.25) is 0 Å². The minimum Gasteiger partial charge on any atom is -0.376 e. The highest BCUT2D eigenvalue weighted by Crippen LogP contribution is 2.28. The van der Waals surface area contributed by atoms with Gasteiger partial charge in [-0.1, -0.05) is 44.2 Å². The molecule has 0 aliphatic carbocycles. The van der Waals surface area contributed by atoms with Gasteiger partial charge >= 0.3 is 0 Å². The highest BCUT2D eigenvalue weighted by atomic mass is 16.5. The molecule has 0 bridgehead atoms. The Labute approximate surface area is 200 Å². The second-order valence-corrected chi connectivity index (χ2v) is 9.22. The van der Waals surface area contributed by atoms with Crippen molar-refractivity contribution < 1.29 is 9.53 Å². The summed E-state index contributed by atoms with van der Waals surface area (Å²) in [5, 5.41) is 8.54. The van der Waals surface area contributed by atoms with Gasteiger partial charge in [-0.3, -0.25) is 4.79 Å². The molecular weight excluding hydrogens is 424 g/mol. The first kappa shape index (κ1) is 22.3. The molecule has 3 heterocycles. The van der Waals surface area contributed by atoms with Crippen molar-refractivity contribution in [2.45, 2.75) is 45.6 Å². The number of ether oxygens (including phenoxy) is 1. The lowest BCUT2D eigenvalue weighted by Crippen LogP contribution is -2.32. The molecule has 6 nitrogen and oxygen atoms in total. The van der Waals surface area contributed by atoms with Crippen molar-refractivity contribution in [3.63, 3.8) is 0 Å². The number of amides is 1. The summed E-state index contributed by atoms with van der Waals surface area (Å²) in [6, 6.07) is 18.1. The molecular formula is C28H30N4O2. The Balaban J connectivity index is 1.50. The highest BCUT2D eigenvalue weighted by Gasteiger charge is 2.20. The summed E-state index contributed by atoms with van der Waals surface area (Å²) in [7, 11) is 0. The van der Waals surface area contributed by atoms with Gasteiger partial charge in [0.2, 0.25) is 0 Å². The van der Waals surface area contributed by atoms with Crippen LogP contribution in [0.1, 0.15) is 54.2 Å². The number of carbonyl (C=O) groups is 1. The van der Waals surface area contributed by atoms with E-state index in [4.69, 9.17) is 9.72 Å². The molecule has 0 radical (unpaired) electrons. The van der Waals surface area contributed by atoms with E-state index in [9.17, 15) is 4.79 Å². The van der Waals surface area contributed by atoms with Gasteiger partial charge in [0.05, 0.1) is 40.5 Å². The Bertz CT molecular complexity index is 1320. The zero-order valence-electron chi connectivity index (χ0n) is 19.9. The molecule has 34 heavy (non-hydrogen) atoms. The van der Waals surface area contributed by atoms with Crippen molar-refractivity contribution in [1.29, 1.82) is 0 Å². The summed E-state index contributed by atoms with van der Waals surface area (Å²) in [5.74, 6) is 0.375. The van der Waals surface area contributed by atoms with E-state index in [1.165, 1.54) is 5.56 Å². The Hall–Kier alpha value is -3.51. The molecule has 1 amide bonds. The van der Waals surface area contributed by atoms with Gasteiger partial charge < -0.3 is 10.1 Å². The van der Waals surface area contributed by atoms with E-state index in [1.54, 1.807) is 0 Å². The minimum absolute atomic E-state index is 0.0964. The molecule has 0 saturated carbocycles. The third-order valence-electron chi connectivity index (χ3n) is 6.57. The lowest BCUT2D eigenvalue weighted by Gasteiger charge is -2.13. The van der Waals surface area contributed by atoms with Crippen LogP contribution in [0, 0.1) is 6.92 Å². The first-order valence-corrected chi connectivity index (χ1v) is 12.0. The molecule has 1 aliphatic heterocycles. The number of hydrogen-bond acceptors (Lipinski definition) is 4. The smallest absolute Gasteiger partial charge is 0.252 e. The summed E-state index contributed by atoms with van der Waals surface area (Å²) in [4.78, 5) is 18.1. The number of pyridine rings is 1. The van der Waals surface area contributed by atoms with Crippen LogP contribution in [-0.2, 0) is 4.74 Å². The predicted molar refractivity (Wildman–Crippen MR) is 134 cm³/mol. The molecule has 6 heteroatoms. The summed E-state index contributed by atoms with van der Waals surface area (Å²) < 4.78 is 7.59. The monoisotopic (exact) mass is 454 g/mol.